The minimum atomic E-state index is -0.130. The zero-order chi connectivity index (χ0) is 18.0. The zero-order valence-electron chi connectivity index (χ0n) is 16.5. The Hall–Kier alpha value is -1.32. The van der Waals surface area contributed by atoms with Gasteiger partial charge in [-0.15, -0.1) is 0 Å². The topological polar surface area (TPSA) is 46.9 Å². The molecule has 0 aliphatic rings. The lowest BCUT2D eigenvalue weighted by Crippen LogP contribution is -2.26. The number of aromatic nitrogens is 2. The maximum Gasteiger partial charge on any atom is 0.225 e. The van der Waals surface area contributed by atoms with Crippen LogP contribution in [-0.4, -0.2) is 15.7 Å². The second-order valence-corrected chi connectivity index (χ2v) is 7.88. The summed E-state index contributed by atoms with van der Waals surface area (Å²) in [4.78, 5) is 12.2. The van der Waals surface area contributed by atoms with Gasteiger partial charge in [-0.2, -0.15) is 5.10 Å². The molecular formula is C20H37N3O. The third kappa shape index (κ3) is 7.98. The van der Waals surface area contributed by atoms with Gasteiger partial charge in [-0.3, -0.25) is 4.79 Å². The predicted molar refractivity (Wildman–Crippen MR) is 102 cm³/mol. The predicted octanol–water partition coefficient (Wildman–Crippen LogP) is 5.81. The van der Waals surface area contributed by atoms with Crippen molar-refractivity contribution in [1.82, 2.24) is 9.78 Å². The van der Waals surface area contributed by atoms with E-state index in [1.807, 2.05) is 17.7 Å². The Morgan fingerprint density at radius 2 is 1.58 bits per heavy atom. The summed E-state index contributed by atoms with van der Waals surface area (Å²) in [6.07, 6.45) is 12.0. The molecule has 4 heteroatoms. The second kappa shape index (κ2) is 10.5. The van der Waals surface area contributed by atoms with Gasteiger partial charge >= 0.3 is 0 Å². The summed E-state index contributed by atoms with van der Waals surface area (Å²) >= 11 is 0. The van der Waals surface area contributed by atoms with Crippen LogP contribution >= 0.6 is 0 Å². The molecule has 1 N–H and O–H groups in total. The molecular weight excluding hydrogens is 298 g/mol. The van der Waals surface area contributed by atoms with Gasteiger partial charge in [0.05, 0.1) is 11.2 Å². The smallest absolute Gasteiger partial charge is 0.225 e. The molecule has 0 aromatic carbocycles. The summed E-state index contributed by atoms with van der Waals surface area (Å²) in [7, 11) is 0. The first-order valence-corrected chi connectivity index (χ1v) is 9.71. The molecule has 0 aliphatic heterocycles. The zero-order valence-corrected chi connectivity index (χ0v) is 16.5. The number of amides is 1. The van der Waals surface area contributed by atoms with Gasteiger partial charge in [-0.05, 0) is 34.1 Å². The quantitative estimate of drug-likeness (QED) is 0.519. The highest BCUT2D eigenvalue weighted by atomic mass is 16.1. The molecule has 24 heavy (non-hydrogen) atoms. The Kier molecular flexibility index (Phi) is 9.09. The summed E-state index contributed by atoms with van der Waals surface area (Å²) in [5.41, 5.74) is 0.803. The molecule has 0 bridgehead atoms. The van der Waals surface area contributed by atoms with Crippen LogP contribution in [0.5, 0.6) is 0 Å². The Labute approximate surface area is 148 Å². The monoisotopic (exact) mass is 335 g/mol. The van der Waals surface area contributed by atoms with Gasteiger partial charge in [-0.1, -0.05) is 58.3 Å². The van der Waals surface area contributed by atoms with Crippen molar-refractivity contribution in [2.24, 2.45) is 0 Å². The van der Waals surface area contributed by atoms with Crippen LogP contribution in [0.2, 0.25) is 0 Å². The van der Waals surface area contributed by atoms with Crippen molar-refractivity contribution in [1.29, 1.82) is 0 Å². The van der Waals surface area contributed by atoms with Crippen LogP contribution in [0.3, 0.4) is 0 Å². The summed E-state index contributed by atoms with van der Waals surface area (Å²) in [6, 6.07) is 1.94. The average Bonchev–Trinajstić information content (AvgIpc) is 2.86. The van der Waals surface area contributed by atoms with E-state index >= 15 is 0 Å². The van der Waals surface area contributed by atoms with E-state index in [9.17, 15) is 4.79 Å². The van der Waals surface area contributed by atoms with Gasteiger partial charge < -0.3 is 5.32 Å². The molecule has 4 nitrogen and oxygen atoms in total. The second-order valence-electron chi connectivity index (χ2n) is 7.88. The highest BCUT2D eigenvalue weighted by molar-refractivity contribution is 5.89. The fraction of sp³-hybridized carbons (Fsp3) is 0.800. The van der Waals surface area contributed by atoms with E-state index in [0.29, 0.717) is 6.42 Å². The molecule has 0 aliphatic carbocycles. The van der Waals surface area contributed by atoms with Crippen molar-refractivity contribution in [2.45, 2.75) is 104 Å². The van der Waals surface area contributed by atoms with E-state index in [1.165, 1.54) is 44.9 Å². The molecule has 138 valence electrons. The lowest BCUT2D eigenvalue weighted by Gasteiger charge is -2.22. The fourth-order valence-corrected chi connectivity index (χ4v) is 2.90. The number of carbonyl (C=O) groups is 1. The summed E-state index contributed by atoms with van der Waals surface area (Å²) in [6.45, 7) is 10.5. The molecule has 1 aromatic heterocycles. The van der Waals surface area contributed by atoms with Crippen molar-refractivity contribution >= 4 is 11.7 Å². The number of rotatable bonds is 11. The molecule has 1 amide bonds. The molecule has 0 unspecified atom stereocenters. The minimum absolute atomic E-state index is 0.100. The average molecular weight is 336 g/mol. The van der Waals surface area contributed by atoms with Gasteiger partial charge in [0, 0.05) is 12.5 Å². The first kappa shape index (κ1) is 20.7. The molecule has 0 spiro atoms. The molecule has 1 heterocycles. The third-order valence-electron chi connectivity index (χ3n) is 4.24. The lowest BCUT2D eigenvalue weighted by molar-refractivity contribution is -0.116. The number of aryl methyl sites for hydroxylation is 1. The highest BCUT2D eigenvalue weighted by Gasteiger charge is 2.19. The van der Waals surface area contributed by atoms with Crippen LogP contribution in [0.15, 0.2) is 6.07 Å². The van der Waals surface area contributed by atoms with Crippen LogP contribution in [-0.2, 0) is 10.3 Å². The highest BCUT2D eigenvalue weighted by Crippen LogP contribution is 2.21. The Morgan fingerprint density at radius 1 is 1.04 bits per heavy atom. The first-order valence-electron chi connectivity index (χ1n) is 9.71. The van der Waals surface area contributed by atoms with Gasteiger partial charge in [0.2, 0.25) is 5.91 Å². The third-order valence-corrected chi connectivity index (χ3v) is 4.24. The van der Waals surface area contributed by atoms with E-state index in [4.69, 9.17) is 0 Å². The summed E-state index contributed by atoms with van der Waals surface area (Å²) in [5.74, 6) is 0.907. The maximum absolute atomic E-state index is 12.2. The van der Waals surface area contributed by atoms with Gasteiger partial charge in [-0.25, -0.2) is 4.68 Å². The first-order chi connectivity index (χ1) is 11.3. The van der Waals surface area contributed by atoms with Crippen LogP contribution < -0.4 is 5.32 Å². The van der Waals surface area contributed by atoms with E-state index in [1.54, 1.807) is 0 Å². The molecule has 0 radical (unpaired) electrons. The van der Waals surface area contributed by atoms with Gasteiger partial charge in [0.25, 0.3) is 0 Å². The number of nitrogens with zero attached hydrogens (tertiary/aromatic N) is 2. The van der Waals surface area contributed by atoms with Crippen molar-refractivity contribution in [2.75, 3.05) is 5.32 Å². The van der Waals surface area contributed by atoms with Crippen molar-refractivity contribution in [3.8, 4) is 0 Å². The number of hydrogen-bond acceptors (Lipinski definition) is 2. The Balaban J connectivity index is 2.21. The van der Waals surface area contributed by atoms with Crippen LogP contribution in [0.25, 0.3) is 0 Å². The maximum atomic E-state index is 12.2. The van der Waals surface area contributed by atoms with Crippen LogP contribution in [0, 0.1) is 6.92 Å². The summed E-state index contributed by atoms with van der Waals surface area (Å²) < 4.78 is 1.90. The van der Waals surface area contributed by atoms with Gasteiger partial charge in [0.15, 0.2) is 0 Å². The largest absolute Gasteiger partial charge is 0.311 e. The molecule has 0 atom stereocenters. The fourth-order valence-electron chi connectivity index (χ4n) is 2.90. The normalized spacial score (nSPS) is 11.7. The number of nitrogens with one attached hydrogen (secondary N) is 1. The Bertz CT molecular complexity index is 486. The molecule has 1 rings (SSSR count). The molecule has 1 aromatic rings. The molecule has 0 saturated heterocycles. The minimum Gasteiger partial charge on any atom is -0.311 e. The van der Waals surface area contributed by atoms with E-state index < -0.39 is 0 Å². The van der Waals surface area contributed by atoms with Crippen LogP contribution in [0.1, 0.15) is 97.6 Å². The summed E-state index contributed by atoms with van der Waals surface area (Å²) in [5, 5.41) is 7.51. The number of anilines is 1. The van der Waals surface area contributed by atoms with Gasteiger partial charge in [0.1, 0.15) is 5.82 Å². The number of hydrogen-bond donors (Lipinski definition) is 1. The molecule has 0 saturated carbocycles. The van der Waals surface area contributed by atoms with E-state index in [0.717, 1.165) is 24.4 Å². The SMILES string of the molecule is CCCCCCCCCCCC(=O)Nc1cc(C)nn1C(C)(C)C. The number of unbranched alkanes of at least 4 members (excludes halogenated alkanes) is 8. The standard InChI is InChI=1S/C20H37N3O/c1-6-7-8-9-10-11-12-13-14-15-19(24)21-18-16-17(2)22-23(18)20(3,4)5/h16H,6-15H2,1-5H3,(H,21,24). The van der Waals surface area contributed by atoms with Crippen molar-refractivity contribution < 1.29 is 4.79 Å². The van der Waals surface area contributed by atoms with E-state index in [-0.39, 0.29) is 11.4 Å². The lowest BCUT2D eigenvalue weighted by atomic mass is 10.1. The van der Waals surface area contributed by atoms with Crippen molar-refractivity contribution in [3.63, 3.8) is 0 Å². The molecule has 0 fully saturated rings. The van der Waals surface area contributed by atoms with Crippen LogP contribution in [0.4, 0.5) is 5.82 Å². The number of carbonyl (C=O) groups excluding carboxylic acids is 1. The van der Waals surface area contributed by atoms with Crippen molar-refractivity contribution in [3.05, 3.63) is 11.8 Å². The Morgan fingerprint density at radius 3 is 2.12 bits per heavy atom. The van der Waals surface area contributed by atoms with E-state index in [2.05, 4.69) is 38.1 Å².